The first-order chi connectivity index (χ1) is 15.7. The number of hydrogen-bond acceptors (Lipinski definition) is 2. The summed E-state index contributed by atoms with van der Waals surface area (Å²) in [7, 11) is 0. The first-order valence-electron chi connectivity index (χ1n) is 11.5. The van der Waals surface area contributed by atoms with Crippen LogP contribution in [0.5, 0.6) is 0 Å². The molecule has 0 saturated heterocycles. The van der Waals surface area contributed by atoms with E-state index in [1.807, 2.05) is 13.8 Å². The molecule has 0 saturated carbocycles. The van der Waals surface area contributed by atoms with Crippen molar-refractivity contribution < 1.29 is 19.8 Å². The first-order valence-corrected chi connectivity index (χ1v) is 11.5. The van der Waals surface area contributed by atoms with Crippen LogP contribution in [-0.4, -0.2) is 22.2 Å². The second kappa shape index (κ2) is 11.9. The maximum Gasteiger partial charge on any atom is 0.336 e. The van der Waals surface area contributed by atoms with Gasteiger partial charge in [-0.15, -0.1) is 0 Å². The Morgan fingerprint density at radius 1 is 0.758 bits per heavy atom. The Bertz CT molecular complexity index is 1040. The molecular weight excluding hydrogens is 412 g/mol. The zero-order valence-electron chi connectivity index (χ0n) is 19.9. The summed E-state index contributed by atoms with van der Waals surface area (Å²) < 4.78 is 0. The highest BCUT2D eigenvalue weighted by molar-refractivity contribution is 5.93. The lowest BCUT2D eigenvalue weighted by molar-refractivity contribution is 0.0686. The number of benzene rings is 2. The van der Waals surface area contributed by atoms with E-state index in [1.165, 1.54) is 0 Å². The average molecular weight is 445 g/mol. The van der Waals surface area contributed by atoms with Gasteiger partial charge in [0.25, 0.3) is 0 Å². The van der Waals surface area contributed by atoms with Gasteiger partial charge in [-0.2, -0.15) is 0 Å². The van der Waals surface area contributed by atoms with Crippen LogP contribution in [0.15, 0.2) is 36.4 Å². The zero-order chi connectivity index (χ0) is 24.4. The van der Waals surface area contributed by atoms with Gasteiger partial charge in [-0.05, 0) is 48.2 Å². The molecule has 2 aromatic rings. The van der Waals surface area contributed by atoms with E-state index in [0.29, 0.717) is 22.3 Å². The van der Waals surface area contributed by atoms with Gasteiger partial charge in [0.2, 0.25) is 0 Å². The van der Waals surface area contributed by atoms with Crippen molar-refractivity contribution in [1.29, 1.82) is 0 Å². The number of aromatic carboxylic acids is 2. The van der Waals surface area contributed by atoms with Crippen LogP contribution in [0.2, 0.25) is 0 Å². The molecule has 0 aliphatic rings. The molecule has 0 fully saturated rings. The molecule has 0 bridgehead atoms. The Labute approximate surface area is 197 Å². The second-order valence-electron chi connectivity index (χ2n) is 8.57. The molecule has 172 valence electrons. The van der Waals surface area contributed by atoms with Crippen LogP contribution < -0.4 is 0 Å². The van der Waals surface area contributed by atoms with E-state index in [-0.39, 0.29) is 11.1 Å². The van der Waals surface area contributed by atoms with Crippen molar-refractivity contribution in [2.24, 2.45) is 0 Å². The molecular formula is C29H32O4. The largest absolute Gasteiger partial charge is 0.478 e. The fourth-order valence-electron chi connectivity index (χ4n) is 3.69. The molecule has 0 atom stereocenters. The van der Waals surface area contributed by atoms with Gasteiger partial charge in [0.05, 0.1) is 11.1 Å². The number of hydrogen-bond donors (Lipinski definition) is 2. The van der Waals surface area contributed by atoms with Gasteiger partial charge in [-0.1, -0.05) is 76.4 Å². The van der Waals surface area contributed by atoms with Gasteiger partial charge >= 0.3 is 11.9 Å². The zero-order valence-corrected chi connectivity index (χ0v) is 19.9. The van der Waals surface area contributed by atoms with Gasteiger partial charge in [-0.25, -0.2) is 9.59 Å². The van der Waals surface area contributed by atoms with Crippen LogP contribution in [0.4, 0.5) is 0 Å². The van der Waals surface area contributed by atoms with Crippen molar-refractivity contribution in [2.75, 3.05) is 0 Å². The lowest BCUT2D eigenvalue weighted by Crippen LogP contribution is -2.25. The van der Waals surface area contributed by atoms with Crippen molar-refractivity contribution in [3.63, 3.8) is 0 Å². The number of carboxylic acid groups (broad SMARTS) is 2. The third kappa shape index (κ3) is 6.74. The molecule has 0 unspecified atom stereocenters. The molecule has 2 aromatic carbocycles. The van der Waals surface area contributed by atoms with Crippen LogP contribution in [0.25, 0.3) is 0 Å². The molecule has 2 N–H and O–H groups in total. The van der Waals surface area contributed by atoms with Crippen molar-refractivity contribution >= 4 is 11.9 Å². The smallest absolute Gasteiger partial charge is 0.336 e. The van der Waals surface area contributed by atoms with Crippen molar-refractivity contribution in [2.45, 2.75) is 71.6 Å². The van der Waals surface area contributed by atoms with E-state index < -0.39 is 17.4 Å². The lowest BCUT2D eigenvalue weighted by atomic mass is 9.73. The van der Waals surface area contributed by atoms with Crippen LogP contribution in [-0.2, 0) is 5.41 Å². The minimum absolute atomic E-state index is 0.127. The van der Waals surface area contributed by atoms with Crippen LogP contribution in [0, 0.1) is 23.7 Å². The number of carboxylic acids is 2. The Morgan fingerprint density at radius 2 is 1.15 bits per heavy atom. The molecule has 0 aromatic heterocycles. The van der Waals surface area contributed by atoms with E-state index in [1.54, 1.807) is 36.4 Å². The second-order valence-corrected chi connectivity index (χ2v) is 8.57. The Hall–Kier alpha value is -3.50. The number of rotatable bonds is 8. The summed E-state index contributed by atoms with van der Waals surface area (Å²) in [5.74, 6) is 10.1. The molecule has 0 radical (unpaired) electrons. The van der Waals surface area contributed by atoms with E-state index in [9.17, 15) is 19.8 Å². The van der Waals surface area contributed by atoms with Gasteiger partial charge in [0.15, 0.2) is 0 Å². The fraction of sp³-hybridized carbons (Fsp3) is 0.379. The van der Waals surface area contributed by atoms with Gasteiger partial charge in [0, 0.05) is 29.4 Å². The highest BCUT2D eigenvalue weighted by Crippen LogP contribution is 2.36. The summed E-state index contributed by atoms with van der Waals surface area (Å²) in [5, 5.41) is 19.8. The van der Waals surface area contributed by atoms with E-state index in [4.69, 9.17) is 0 Å². The topological polar surface area (TPSA) is 74.6 Å². The molecule has 0 amide bonds. The Kier molecular flexibility index (Phi) is 9.31. The van der Waals surface area contributed by atoms with Gasteiger partial charge in [0.1, 0.15) is 0 Å². The summed E-state index contributed by atoms with van der Waals surface area (Å²) in [6.45, 7) is 7.88. The highest BCUT2D eigenvalue weighted by atomic mass is 16.4. The molecule has 33 heavy (non-hydrogen) atoms. The van der Waals surface area contributed by atoms with Gasteiger partial charge < -0.3 is 10.2 Å². The standard InChI is InChI=1S/C29H32O4/c1-5-7-9-11-13-21-15-17-25(23(19-21)27(30)31)29(3,4)26-18-16-22(14-12-10-8-6-2)20-24(26)28(32)33/h15-20H,5-10H2,1-4H3,(H,30,31)(H,32,33). The SMILES string of the molecule is CCCCC#Cc1ccc(C(C)(C)c2ccc(C#CCCCC)cc2C(=O)O)c(C(=O)O)c1. The van der Waals surface area contributed by atoms with Gasteiger partial charge in [-0.3, -0.25) is 0 Å². The van der Waals surface area contributed by atoms with E-state index in [0.717, 1.165) is 38.5 Å². The van der Waals surface area contributed by atoms with Crippen molar-refractivity contribution in [3.05, 3.63) is 69.8 Å². The maximum absolute atomic E-state index is 12.1. The first kappa shape index (κ1) is 25.8. The summed E-state index contributed by atoms with van der Waals surface area (Å²) in [5.41, 5.74) is 1.75. The highest BCUT2D eigenvalue weighted by Gasteiger charge is 2.32. The quantitative estimate of drug-likeness (QED) is 0.360. The lowest BCUT2D eigenvalue weighted by Gasteiger charge is -2.29. The summed E-state index contributed by atoms with van der Waals surface area (Å²) in [6, 6.07) is 10.3. The fourth-order valence-corrected chi connectivity index (χ4v) is 3.69. The maximum atomic E-state index is 12.1. The van der Waals surface area contributed by atoms with Crippen LogP contribution in [0.3, 0.4) is 0 Å². The predicted octanol–water partition coefficient (Wildman–Crippen LogP) is 6.49. The predicted molar refractivity (Wildman–Crippen MR) is 132 cm³/mol. The van der Waals surface area contributed by atoms with Crippen molar-refractivity contribution in [3.8, 4) is 23.7 Å². The van der Waals surface area contributed by atoms with Crippen LogP contribution in [0.1, 0.15) is 109 Å². The molecule has 4 nitrogen and oxygen atoms in total. The summed E-state index contributed by atoms with van der Waals surface area (Å²) in [4.78, 5) is 24.2. The van der Waals surface area contributed by atoms with Crippen LogP contribution >= 0.6 is 0 Å². The molecule has 0 aliphatic carbocycles. The Morgan fingerprint density at radius 3 is 1.48 bits per heavy atom. The van der Waals surface area contributed by atoms with Crippen molar-refractivity contribution in [1.82, 2.24) is 0 Å². The summed E-state index contributed by atoms with van der Waals surface area (Å²) >= 11 is 0. The Balaban J connectivity index is 2.52. The van der Waals surface area contributed by atoms with E-state index in [2.05, 4.69) is 37.5 Å². The monoisotopic (exact) mass is 444 g/mol. The number of unbranched alkanes of at least 4 members (excludes halogenated alkanes) is 4. The third-order valence-electron chi connectivity index (χ3n) is 5.62. The normalized spacial score (nSPS) is 10.5. The average Bonchev–Trinajstić information content (AvgIpc) is 2.79. The molecule has 4 heteroatoms. The number of carbonyl (C=O) groups is 2. The van der Waals surface area contributed by atoms with E-state index >= 15 is 0 Å². The minimum Gasteiger partial charge on any atom is -0.478 e. The minimum atomic E-state index is -1.06. The molecule has 2 rings (SSSR count). The molecule has 0 spiro atoms. The molecule has 0 heterocycles. The third-order valence-corrected chi connectivity index (χ3v) is 5.62. The molecule has 0 aliphatic heterocycles. The summed E-state index contributed by atoms with van der Waals surface area (Å²) in [6.07, 6.45) is 5.64.